The largest absolute Gasteiger partial charge is 0.504 e. The van der Waals surface area contributed by atoms with E-state index in [-0.39, 0.29) is 11.3 Å². The highest BCUT2D eigenvalue weighted by molar-refractivity contribution is 5.87. The molecule has 0 bridgehead atoms. The number of rotatable bonds is 4. The predicted molar refractivity (Wildman–Crippen MR) is 59.2 cm³/mol. The second kappa shape index (κ2) is 5.68. The van der Waals surface area contributed by atoms with Gasteiger partial charge in [0.15, 0.2) is 17.5 Å². The van der Waals surface area contributed by atoms with Crippen LogP contribution in [-0.2, 0) is 9.59 Å². The van der Waals surface area contributed by atoms with Gasteiger partial charge in [0.1, 0.15) is 0 Å². The number of carbonyl (C=O) groups excluding carboxylic acids is 1. The van der Waals surface area contributed by atoms with Crippen molar-refractivity contribution in [2.24, 2.45) is 0 Å². The molecule has 9 heteroatoms. The summed E-state index contributed by atoms with van der Waals surface area (Å²) >= 11 is 0. The lowest BCUT2D eigenvalue weighted by molar-refractivity contribution is -0.175. The molecule has 1 atom stereocenters. The molecular weight excluding hydrogens is 283 g/mol. The third-order valence-corrected chi connectivity index (χ3v) is 2.32. The number of methoxy groups -OCH3 is 1. The number of carboxylic acid groups (broad SMARTS) is 1. The predicted octanol–water partition coefficient (Wildman–Crippen LogP) is 1.20. The topological polar surface area (TPSA) is 95.9 Å². The van der Waals surface area contributed by atoms with E-state index in [4.69, 9.17) is 9.84 Å². The van der Waals surface area contributed by atoms with Gasteiger partial charge >= 0.3 is 18.1 Å². The Labute approximate surface area is 110 Å². The molecule has 0 aliphatic heterocycles. The molecule has 1 rings (SSSR count). The van der Waals surface area contributed by atoms with E-state index in [0.29, 0.717) is 0 Å². The fraction of sp³-hybridized carbons (Fsp3) is 0.273. The minimum Gasteiger partial charge on any atom is -0.504 e. The normalized spacial score (nSPS) is 12.6. The highest BCUT2D eigenvalue weighted by Crippen LogP contribution is 2.29. The number of halogens is 3. The van der Waals surface area contributed by atoms with Gasteiger partial charge in [-0.3, -0.25) is 4.79 Å². The number of carbonyl (C=O) groups is 2. The summed E-state index contributed by atoms with van der Waals surface area (Å²) in [6.07, 6.45) is -5.21. The number of phenolic OH excluding ortho intramolecular Hbond substituents is 1. The van der Waals surface area contributed by atoms with Crippen LogP contribution >= 0.6 is 0 Å². The maximum atomic E-state index is 12.1. The van der Waals surface area contributed by atoms with Gasteiger partial charge in [0.2, 0.25) is 0 Å². The summed E-state index contributed by atoms with van der Waals surface area (Å²) in [5, 5.41) is 19.6. The first-order chi connectivity index (χ1) is 9.16. The molecule has 3 N–H and O–H groups in total. The van der Waals surface area contributed by atoms with Crippen LogP contribution in [0.25, 0.3) is 0 Å². The lowest BCUT2D eigenvalue weighted by Gasteiger charge is -2.16. The van der Waals surface area contributed by atoms with Gasteiger partial charge in [0, 0.05) is 0 Å². The Morgan fingerprint density at radius 3 is 2.35 bits per heavy atom. The van der Waals surface area contributed by atoms with Gasteiger partial charge in [0.25, 0.3) is 0 Å². The van der Waals surface area contributed by atoms with Gasteiger partial charge in [0.05, 0.1) is 7.11 Å². The first-order valence-electron chi connectivity index (χ1n) is 5.14. The molecule has 0 spiro atoms. The summed E-state index contributed by atoms with van der Waals surface area (Å²) in [7, 11) is 1.24. The SMILES string of the molecule is COc1ccc(C(NC(=O)C(F)(F)F)C(=O)O)cc1O. The molecule has 1 aromatic rings. The third kappa shape index (κ3) is 3.53. The van der Waals surface area contributed by atoms with Crippen molar-refractivity contribution < 1.29 is 37.7 Å². The van der Waals surface area contributed by atoms with Crippen molar-refractivity contribution in [3.05, 3.63) is 23.8 Å². The lowest BCUT2D eigenvalue weighted by atomic mass is 10.1. The molecule has 0 aliphatic carbocycles. The van der Waals surface area contributed by atoms with Crippen LogP contribution in [0.4, 0.5) is 13.2 Å². The summed E-state index contributed by atoms with van der Waals surface area (Å²) in [6.45, 7) is 0. The van der Waals surface area contributed by atoms with Crippen LogP contribution in [0, 0.1) is 0 Å². The van der Waals surface area contributed by atoms with E-state index in [1.54, 1.807) is 0 Å². The number of alkyl halides is 3. The first-order valence-corrected chi connectivity index (χ1v) is 5.14. The number of phenols is 1. The number of hydrogen-bond donors (Lipinski definition) is 3. The summed E-state index contributed by atoms with van der Waals surface area (Å²) < 4.78 is 41.0. The zero-order chi connectivity index (χ0) is 15.5. The number of benzene rings is 1. The quantitative estimate of drug-likeness (QED) is 0.775. The maximum Gasteiger partial charge on any atom is 0.471 e. The van der Waals surface area contributed by atoms with E-state index in [2.05, 4.69) is 0 Å². The number of aromatic hydroxyl groups is 1. The van der Waals surface area contributed by atoms with E-state index < -0.39 is 29.8 Å². The van der Waals surface area contributed by atoms with Crippen LogP contribution in [0.1, 0.15) is 11.6 Å². The monoisotopic (exact) mass is 293 g/mol. The molecule has 0 heterocycles. The Morgan fingerprint density at radius 2 is 1.95 bits per heavy atom. The Kier molecular flexibility index (Phi) is 4.43. The Bertz CT molecular complexity index is 529. The Hall–Kier alpha value is -2.45. The van der Waals surface area contributed by atoms with Crippen LogP contribution in [0.5, 0.6) is 11.5 Å². The van der Waals surface area contributed by atoms with Gasteiger partial charge < -0.3 is 20.3 Å². The van der Waals surface area contributed by atoms with Gasteiger partial charge in [-0.1, -0.05) is 6.07 Å². The molecule has 1 amide bonds. The van der Waals surface area contributed by atoms with Crippen LogP contribution in [0.2, 0.25) is 0 Å². The van der Waals surface area contributed by atoms with E-state index in [0.717, 1.165) is 12.1 Å². The van der Waals surface area contributed by atoms with Crippen molar-refractivity contribution in [2.75, 3.05) is 7.11 Å². The second-order valence-electron chi connectivity index (χ2n) is 3.67. The standard InChI is InChI=1S/C11H10F3NO5/c1-20-7-3-2-5(4-6(7)16)8(9(17)18)15-10(19)11(12,13)14/h2-4,8,16H,1H3,(H,15,19)(H,17,18). The number of carboxylic acids is 1. The van der Waals surface area contributed by atoms with Crippen molar-refractivity contribution >= 4 is 11.9 Å². The molecule has 0 aliphatic rings. The number of nitrogens with one attached hydrogen (secondary N) is 1. The third-order valence-electron chi connectivity index (χ3n) is 2.32. The summed E-state index contributed by atoms with van der Waals surface area (Å²) in [6, 6.07) is 1.24. The molecule has 1 unspecified atom stereocenters. The molecule has 20 heavy (non-hydrogen) atoms. The zero-order valence-corrected chi connectivity index (χ0v) is 10.1. The molecular formula is C11H10F3NO5. The van der Waals surface area contributed by atoms with Crippen LogP contribution in [0.15, 0.2) is 18.2 Å². The van der Waals surface area contributed by atoms with E-state index in [1.165, 1.54) is 18.5 Å². The van der Waals surface area contributed by atoms with Crippen LogP contribution in [0.3, 0.4) is 0 Å². The molecule has 0 fully saturated rings. The summed E-state index contributed by atoms with van der Waals surface area (Å²) in [5.41, 5.74) is -0.228. The molecule has 110 valence electrons. The van der Waals surface area contributed by atoms with E-state index in [9.17, 15) is 27.9 Å². The van der Waals surface area contributed by atoms with E-state index in [1.807, 2.05) is 0 Å². The van der Waals surface area contributed by atoms with Crippen molar-refractivity contribution in [3.8, 4) is 11.5 Å². The van der Waals surface area contributed by atoms with Crippen molar-refractivity contribution in [1.29, 1.82) is 0 Å². The van der Waals surface area contributed by atoms with Crippen LogP contribution < -0.4 is 10.1 Å². The van der Waals surface area contributed by atoms with Crippen molar-refractivity contribution in [3.63, 3.8) is 0 Å². The number of amides is 1. The smallest absolute Gasteiger partial charge is 0.471 e. The molecule has 0 saturated heterocycles. The lowest BCUT2D eigenvalue weighted by Crippen LogP contribution is -2.41. The highest BCUT2D eigenvalue weighted by Gasteiger charge is 2.41. The van der Waals surface area contributed by atoms with E-state index >= 15 is 0 Å². The minimum atomic E-state index is -5.21. The Morgan fingerprint density at radius 1 is 1.35 bits per heavy atom. The van der Waals surface area contributed by atoms with Crippen molar-refractivity contribution in [2.45, 2.75) is 12.2 Å². The summed E-state index contributed by atoms with van der Waals surface area (Å²) in [5.74, 6) is -4.54. The molecule has 0 saturated carbocycles. The fourth-order valence-electron chi connectivity index (χ4n) is 1.39. The average molecular weight is 293 g/mol. The Balaban J connectivity index is 3.06. The van der Waals surface area contributed by atoms with Gasteiger partial charge in [-0.25, -0.2) is 4.79 Å². The number of ether oxygens (including phenoxy) is 1. The van der Waals surface area contributed by atoms with Gasteiger partial charge in [-0.2, -0.15) is 13.2 Å². The zero-order valence-electron chi connectivity index (χ0n) is 10.1. The highest BCUT2D eigenvalue weighted by atomic mass is 19.4. The van der Waals surface area contributed by atoms with Gasteiger partial charge in [-0.15, -0.1) is 0 Å². The molecule has 6 nitrogen and oxygen atoms in total. The maximum absolute atomic E-state index is 12.1. The van der Waals surface area contributed by atoms with Crippen LogP contribution in [-0.4, -0.2) is 35.4 Å². The molecule has 1 aromatic carbocycles. The molecule has 0 radical (unpaired) electrons. The second-order valence-corrected chi connectivity index (χ2v) is 3.67. The van der Waals surface area contributed by atoms with Gasteiger partial charge in [-0.05, 0) is 17.7 Å². The average Bonchev–Trinajstić information content (AvgIpc) is 2.33. The first kappa shape index (κ1) is 15.6. The number of hydrogen-bond acceptors (Lipinski definition) is 4. The summed E-state index contributed by atoms with van der Waals surface area (Å²) in [4.78, 5) is 21.7. The molecule has 0 aromatic heterocycles. The fourth-order valence-corrected chi connectivity index (χ4v) is 1.39. The minimum absolute atomic E-state index is 0.0139. The number of aliphatic carboxylic acids is 1. The van der Waals surface area contributed by atoms with Crippen molar-refractivity contribution in [1.82, 2.24) is 5.32 Å².